The predicted octanol–water partition coefficient (Wildman–Crippen LogP) is 2.40. The summed E-state index contributed by atoms with van der Waals surface area (Å²) in [7, 11) is 1.65. The van der Waals surface area contributed by atoms with Gasteiger partial charge < -0.3 is 9.15 Å². The van der Waals surface area contributed by atoms with Crippen molar-refractivity contribution in [3.05, 3.63) is 53.5 Å². The molecule has 2 rings (SSSR count). The molecule has 0 amide bonds. The average molecular weight is 246 g/mol. The van der Waals surface area contributed by atoms with Crippen LogP contribution in [0.5, 0.6) is 5.75 Å². The van der Waals surface area contributed by atoms with Gasteiger partial charge in [-0.05, 0) is 29.8 Å². The van der Waals surface area contributed by atoms with E-state index in [1.165, 1.54) is 0 Å². The number of aryl methyl sites for hydroxylation is 1. The number of methoxy groups -OCH3 is 1. The average Bonchev–Trinajstić information content (AvgIpc) is 2.89. The highest BCUT2D eigenvalue weighted by Crippen LogP contribution is 2.25. The third kappa shape index (κ3) is 2.55. The van der Waals surface area contributed by atoms with E-state index in [1.807, 2.05) is 36.4 Å². The second kappa shape index (κ2) is 5.71. The lowest BCUT2D eigenvalue weighted by molar-refractivity contribution is 0.412. The minimum atomic E-state index is -0.142. The van der Waals surface area contributed by atoms with E-state index in [0.29, 0.717) is 0 Å². The number of hydrogen-bond donors (Lipinski definition) is 2. The van der Waals surface area contributed by atoms with Crippen LogP contribution in [-0.2, 0) is 6.42 Å². The van der Waals surface area contributed by atoms with E-state index in [4.69, 9.17) is 15.0 Å². The number of hydrazine groups is 1. The van der Waals surface area contributed by atoms with Crippen LogP contribution < -0.4 is 16.0 Å². The van der Waals surface area contributed by atoms with Crippen LogP contribution in [-0.4, -0.2) is 7.11 Å². The number of rotatable bonds is 5. The van der Waals surface area contributed by atoms with Gasteiger partial charge >= 0.3 is 0 Å². The molecule has 0 bridgehead atoms. The van der Waals surface area contributed by atoms with Gasteiger partial charge in [-0.1, -0.05) is 19.1 Å². The fraction of sp³-hybridized carbons (Fsp3) is 0.286. The normalized spacial score (nSPS) is 12.4. The van der Waals surface area contributed by atoms with Crippen LogP contribution >= 0.6 is 0 Å². The second-order valence-corrected chi connectivity index (χ2v) is 4.03. The molecule has 2 aromatic rings. The molecular weight excluding hydrogens is 228 g/mol. The highest BCUT2D eigenvalue weighted by Gasteiger charge is 2.16. The minimum absolute atomic E-state index is 0.142. The number of ether oxygens (including phenoxy) is 1. The maximum absolute atomic E-state index is 5.72. The summed E-state index contributed by atoms with van der Waals surface area (Å²) >= 11 is 0. The lowest BCUT2D eigenvalue weighted by Crippen LogP contribution is -2.28. The summed E-state index contributed by atoms with van der Waals surface area (Å²) in [6.45, 7) is 2.06. The second-order valence-electron chi connectivity index (χ2n) is 4.03. The monoisotopic (exact) mass is 246 g/mol. The fourth-order valence-electron chi connectivity index (χ4n) is 1.88. The molecule has 1 heterocycles. The summed E-state index contributed by atoms with van der Waals surface area (Å²) in [6.07, 6.45) is 0.875. The molecule has 0 saturated heterocycles. The molecular formula is C14H18N2O2. The Morgan fingerprint density at radius 3 is 2.44 bits per heavy atom. The molecule has 0 aliphatic carbocycles. The Kier molecular flexibility index (Phi) is 4.02. The van der Waals surface area contributed by atoms with Crippen molar-refractivity contribution in [3.8, 4) is 5.75 Å². The summed E-state index contributed by atoms with van der Waals surface area (Å²) < 4.78 is 10.9. The Bertz CT molecular complexity index is 491. The maximum Gasteiger partial charge on any atom is 0.126 e. The van der Waals surface area contributed by atoms with Gasteiger partial charge in [-0.2, -0.15) is 0 Å². The molecule has 96 valence electrons. The zero-order chi connectivity index (χ0) is 13.0. The number of nitrogens with one attached hydrogen (secondary N) is 1. The first-order valence-electron chi connectivity index (χ1n) is 5.97. The Labute approximate surface area is 107 Å². The first-order chi connectivity index (χ1) is 8.78. The third-order valence-electron chi connectivity index (χ3n) is 2.93. The Hall–Kier alpha value is -1.78. The van der Waals surface area contributed by atoms with Gasteiger partial charge in [-0.25, -0.2) is 5.43 Å². The van der Waals surface area contributed by atoms with E-state index >= 15 is 0 Å². The number of nitrogens with two attached hydrogens (primary N) is 1. The van der Waals surface area contributed by atoms with E-state index in [2.05, 4.69) is 12.3 Å². The molecule has 1 unspecified atom stereocenters. The van der Waals surface area contributed by atoms with Crippen LogP contribution in [0.25, 0.3) is 0 Å². The predicted molar refractivity (Wildman–Crippen MR) is 70.2 cm³/mol. The molecule has 1 aromatic heterocycles. The molecule has 18 heavy (non-hydrogen) atoms. The molecule has 1 atom stereocenters. The first kappa shape index (κ1) is 12.7. The number of hydrogen-bond acceptors (Lipinski definition) is 4. The molecule has 4 nitrogen and oxygen atoms in total. The van der Waals surface area contributed by atoms with Gasteiger partial charge in [-0.3, -0.25) is 5.84 Å². The highest BCUT2D eigenvalue weighted by atomic mass is 16.5. The van der Waals surface area contributed by atoms with Crippen molar-refractivity contribution < 1.29 is 9.15 Å². The lowest BCUT2D eigenvalue weighted by atomic mass is 10.1. The zero-order valence-electron chi connectivity index (χ0n) is 10.6. The summed E-state index contributed by atoms with van der Waals surface area (Å²) in [5.41, 5.74) is 3.81. The van der Waals surface area contributed by atoms with Crippen LogP contribution in [0.1, 0.15) is 30.0 Å². The van der Waals surface area contributed by atoms with Crippen LogP contribution in [0.2, 0.25) is 0 Å². The van der Waals surface area contributed by atoms with Crippen molar-refractivity contribution in [2.45, 2.75) is 19.4 Å². The molecule has 0 spiro atoms. The van der Waals surface area contributed by atoms with Gasteiger partial charge in [0.2, 0.25) is 0 Å². The molecule has 0 fully saturated rings. The van der Waals surface area contributed by atoms with Crippen molar-refractivity contribution in [1.29, 1.82) is 0 Å². The van der Waals surface area contributed by atoms with Crippen LogP contribution in [0.3, 0.4) is 0 Å². The van der Waals surface area contributed by atoms with E-state index < -0.39 is 0 Å². The molecule has 0 saturated carbocycles. The largest absolute Gasteiger partial charge is 0.497 e. The van der Waals surface area contributed by atoms with Gasteiger partial charge in [0.1, 0.15) is 23.3 Å². The molecule has 3 N–H and O–H groups in total. The van der Waals surface area contributed by atoms with Crippen molar-refractivity contribution in [2.75, 3.05) is 7.11 Å². The summed E-state index contributed by atoms with van der Waals surface area (Å²) in [5, 5.41) is 0. The molecule has 0 radical (unpaired) electrons. The lowest BCUT2D eigenvalue weighted by Gasteiger charge is -2.14. The smallest absolute Gasteiger partial charge is 0.126 e. The minimum Gasteiger partial charge on any atom is -0.497 e. The Morgan fingerprint density at radius 2 is 1.94 bits per heavy atom. The van der Waals surface area contributed by atoms with E-state index in [0.717, 1.165) is 29.3 Å². The molecule has 1 aromatic carbocycles. The zero-order valence-corrected chi connectivity index (χ0v) is 10.6. The van der Waals surface area contributed by atoms with Crippen molar-refractivity contribution in [2.24, 2.45) is 5.84 Å². The Balaban J connectivity index is 2.26. The van der Waals surface area contributed by atoms with Gasteiger partial charge in [0.05, 0.1) is 7.11 Å². The third-order valence-corrected chi connectivity index (χ3v) is 2.93. The maximum atomic E-state index is 5.72. The molecule has 4 heteroatoms. The van der Waals surface area contributed by atoms with E-state index in [9.17, 15) is 0 Å². The Morgan fingerprint density at radius 1 is 1.22 bits per heavy atom. The van der Waals surface area contributed by atoms with Crippen molar-refractivity contribution >= 4 is 0 Å². The van der Waals surface area contributed by atoms with Crippen molar-refractivity contribution in [1.82, 2.24) is 5.43 Å². The van der Waals surface area contributed by atoms with E-state index in [1.54, 1.807) is 7.11 Å². The number of furan rings is 1. The highest BCUT2D eigenvalue weighted by molar-refractivity contribution is 5.32. The first-order valence-corrected chi connectivity index (χ1v) is 5.97. The van der Waals surface area contributed by atoms with Crippen molar-refractivity contribution in [3.63, 3.8) is 0 Å². The topological polar surface area (TPSA) is 60.4 Å². The molecule has 0 aliphatic heterocycles. The quantitative estimate of drug-likeness (QED) is 0.628. The number of benzene rings is 1. The summed E-state index contributed by atoms with van der Waals surface area (Å²) in [5.74, 6) is 8.22. The summed E-state index contributed by atoms with van der Waals surface area (Å²) in [4.78, 5) is 0. The molecule has 0 aliphatic rings. The van der Waals surface area contributed by atoms with Crippen LogP contribution in [0.15, 0.2) is 40.8 Å². The van der Waals surface area contributed by atoms with Crippen LogP contribution in [0, 0.1) is 0 Å². The van der Waals surface area contributed by atoms with E-state index in [-0.39, 0.29) is 6.04 Å². The van der Waals surface area contributed by atoms with Crippen LogP contribution in [0.4, 0.5) is 0 Å². The van der Waals surface area contributed by atoms with Gasteiger partial charge in [0, 0.05) is 6.42 Å². The summed E-state index contributed by atoms with van der Waals surface area (Å²) in [6, 6.07) is 11.5. The van der Waals surface area contributed by atoms with Gasteiger partial charge in [-0.15, -0.1) is 0 Å². The SMILES string of the molecule is CCc1ccc(C(NN)c2ccc(OC)cc2)o1. The standard InChI is InChI=1S/C14H18N2O2/c1-3-11-8-9-13(18-11)14(16-15)10-4-6-12(17-2)7-5-10/h4-9,14,16H,3,15H2,1-2H3. The fourth-order valence-corrected chi connectivity index (χ4v) is 1.88. The van der Waals surface area contributed by atoms with Gasteiger partial charge in [0.15, 0.2) is 0 Å². The van der Waals surface area contributed by atoms with Gasteiger partial charge in [0.25, 0.3) is 0 Å².